The van der Waals surface area contributed by atoms with Crippen LogP contribution in [0, 0.1) is 6.92 Å². The monoisotopic (exact) mass is 368 g/mol. The van der Waals surface area contributed by atoms with Gasteiger partial charge in [-0.15, -0.1) is 0 Å². The molecule has 0 saturated carbocycles. The molecule has 2 aliphatic heterocycles. The van der Waals surface area contributed by atoms with Crippen LogP contribution in [-0.2, 0) is 11.8 Å². The molecule has 0 bridgehead atoms. The molecule has 3 heterocycles. The first kappa shape index (κ1) is 18.0. The number of nitrogens with one attached hydrogen (secondary N) is 1. The number of piperidine rings is 1. The highest BCUT2D eigenvalue weighted by Crippen LogP contribution is 2.42. The van der Waals surface area contributed by atoms with Gasteiger partial charge in [0.2, 0.25) is 5.91 Å². The fourth-order valence-corrected chi connectivity index (χ4v) is 4.34. The number of likely N-dealkylation sites (tertiary alicyclic amines) is 1. The van der Waals surface area contributed by atoms with E-state index in [1.54, 1.807) is 4.68 Å². The number of aryl methyl sites for hydroxylation is 2. The predicted octanol–water partition coefficient (Wildman–Crippen LogP) is 3.07. The number of hydrogen-bond donors (Lipinski definition) is 1. The van der Waals surface area contributed by atoms with Crippen LogP contribution in [0.3, 0.4) is 0 Å². The molecule has 6 heteroatoms. The number of carbonyl (C=O) groups is 1. The fraction of sp³-hybridized carbons (Fsp3) is 0.524. The highest BCUT2D eigenvalue weighted by Gasteiger charge is 2.33. The summed E-state index contributed by atoms with van der Waals surface area (Å²) in [4.78, 5) is 14.8. The van der Waals surface area contributed by atoms with Crippen LogP contribution < -0.4 is 10.1 Å². The maximum Gasteiger partial charge on any atom is 0.226 e. The van der Waals surface area contributed by atoms with E-state index in [1.807, 2.05) is 32.2 Å². The SMILES string of the molecule is Cc1nn(C)c2c1C(c1ccccc1OCCN1CCCCC1)CC(=O)N2. The van der Waals surface area contributed by atoms with Crippen molar-refractivity contribution in [3.63, 3.8) is 0 Å². The second kappa shape index (κ2) is 7.72. The standard InChI is InChI=1S/C21H28N4O2/c1-15-20-17(14-19(26)22-21(20)24(2)23-15)16-8-4-5-9-18(16)27-13-12-25-10-6-3-7-11-25/h4-5,8-9,17H,3,6-7,10-14H2,1-2H3,(H,22,26). The van der Waals surface area contributed by atoms with Gasteiger partial charge in [-0.05, 0) is 38.9 Å². The lowest BCUT2D eigenvalue weighted by Crippen LogP contribution is -2.33. The molecular weight excluding hydrogens is 340 g/mol. The zero-order valence-corrected chi connectivity index (χ0v) is 16.2. The fourth-order valence-electron chi connectivity index (χ4n) is 4.34. The minimum Gasteiger partial charge on any atom is -0.492 e. The van der Waals surface area contributed by atoms with Crippen molar-refractivity contribution in [3.05, 3.63) is 41.1 Å². The van der Waals surface area contributed by atoms with E-state index in [1.165, 1.54) is 32.4 Å². The van der Waals surface area contributed by atoms with Gasteiger partial charge in [0.05, 0.1) is 5.69 Å². The largest absolute Gasteiger partial charge is 0.492 e. The topological polar surface area (TPSA) is 59.4 Å². The Morgan fingerprint density at radius 2 is 2.00 bits per heavy atom. The maximum absolute atomic E-state index is 12.3. The number of hydrogen-bond acceptors (Lipinski definition) is 4. The van der Waals surface area contributed by atoms with Crippen LogP contribution in [-0.4, -0.2) is 46.8 Å². The lowest BCUT2D eigenvalue weighted by atomic mass is 9.85. The summed E-state index contributed by atoms with van der Waals surface area (Å²) in [7, 11) is 1.87. The first-order chi connectivity index (χ1) is 13.1. The van der Waals surface area contributed by atoms with Crippen molar-refractivity contribution in [3.8, 4) is 5.75 Å². The van der Waals surface area contributed by atoms with Gasteiger partial charge in [0.1, 0.15) is 18.2 Å². The molecule has 0 aliphatic carbocycles. The van der Waals surface area contributed by atoms with Crippen molar-refractivity contribution in [2.45, 2.75) is 38.5 Å². The molecule has 1 atom stereocenters. The van der Waals surface area contributed by atoms with Gasteiger partial charge in [-0.3, -0.25) is 14.4 Å². The van der Waals surface area contributed by atoms with E-state index in [4.69, 9.17) is 4.74 Å². The number of anilines is 1. The van der Waals surface area contributed by atoms with Gasteiger partial charge >= 0.3 is 0 Å². The summed E-state index contributed by atoms with van der Waals surface area (Å²) in [6, 6.07) is 8.11. The molecule has 1 aromatic carbocycles. The van der Waals surface area contributed by atoms with E-state index >= 15 is 0 Å². The van der Waals surface area contributed by atoms with E-state index < -0.39 is 0 Å². The molecule has 1 fully saturated rings. The third-order valence-electron chi connectivity index (χ3n) is 5.67. The van der Waals surface area contributed by atoms with Crippen molar-refractivity contribution in [1.29, 1.82) is 0 Å². The molecule has 0 spiro atoms. The van der Waals surface area contributed by atoms with Gasteiger partial charge in [0, 0.05) is 37.1 Å². The Bertz CT molecular complexity index is 824. The number of aromatic nitrogens is 2. The van der Waals surface area contributed by atoms with Crippen LogP contribution in [0.15, 0.2) is 24.3 Å². The Morgan fingerprint density at radius 1 is 1.22 bits per heavy atom. The van der Waals surface area contributed by atoms with E-state index in [0.29, 0.717) is 13.0 Å². The third kappa shape index (κ3) is 3.72. The Balaban J connectivity index is 1.55. The number of benzene rings is 1. The second-order valence-corrected chi connectivity index (χ2v) is 7.56. The lowest BCUT2D eigenvalue weighted by Gasteiger charge is -2.27. The highest BCUT2D eigenvalue weighted by molar-refractivity contribution is 5.94. The van der Waals surface area contributed by atoms with E-state index in [2.05, 4.69) is 21.4 Å². The normalized spacial score (nSPS) is 20.2. The Labute approximate surface area is 160 Å². The van der Waals surface area contributed by atoms with Crippen molar-refractivity contribution >= 4 is 11.7 Å². The van der Waals surface area contributed by atoms with Crippen molar-refractivity contribution < 1.29 is 9.53 Å². The van der Waals surface area contributed by atoms with Gasteiger partial charge in [0.15, 0.2) is 0 Å². The van der Waals surface area contributed by atoms with Gasteiger partial charge in [-0.1, -0.05) is 24.6 Å². The average molecular weight is 368 g/mol. The maximum atomic E-state index is 12.3. The number of nitrogens with zero attached hydrogens (tertiary/aromatic N) is 3. The van der Waals surface area contributed by atoms with E-state index in [-0.39, 0.29) is 11.8 Å². The Morgan fingerprint density at radius 3 is 2.81 bits per heavy atom. The molecule has 1 unspecified atom stereocenters. The number of rotatable bonds is 5. The summed E-state index contributed by atoms with van der Waals surface area (Å²) in [6.45, 7) is 5.98. The average Bonchev–Trinajstić information content (AvgIpc) is 2.96. The molecule has 1 saturated heterocycles. The van der Waals surface area contributed by atoms with Crippen molar-refractivity contribution in [2.75, 3.05) is 31.6 Å². The molecule has 1 aromatic heterocycles. The highest BCUT2D eigenvalue weighted by atomic mass is 16.5. The first-order valence-electron chi connectivity index (χ1n) is 9.91. The van der Waals surface area contributed by atoms with Gasteiger partial charge in [-0.2, -0.15) is 5.10 Å². The summed E-state index contributed by atoms with van der Waals surface area (Å²) in [6.07, 6.45) is 4.34. The second-order valence-electron chi connectivity index (χ2n) is 7.56. The smallest absolute Gasteiger partial charge is 0.226 e. The Kier molecular flexibility index (Phi) is 5.16. The first-order valence-corrected chi connectivity index (χ1v) is 9.91. The molecule has 1 amide bonds. The van der Waals surface area contributed by atoms with Gasteiger partial charge < -0.3 is 10.1 Å². The van der Waals surface area contributed by atoms with Crippen molar-refractivity contribution in [2.24, 2.45) is 7.05 Å². The third-order valence-corrected chi connectivity index (χ3v) is 5.67. The zero-order valence-electron chi connectivity index (χ0n) is 16.2. The quantitative estimate of drug-likeness (QED) is 0.881. The zero-order chi connectivity index (χ0) is 18.8. The predicted molar refractivity (Wildman–Crippen MR) is 105 cm³/mol. The summed E-state index contributed by atoms with van der Waals surface area (Å²) in [5.41, 5.74) is 3.13. The molecule has 2 aromatic rings. The number of fused-ring (bicyclic) bond motifs is 1. The number of amides is 1. The molecular formula is C21H28N4O2. The van der Waals surface area contributed by atoms with Crippen LogP contribution in [0.4, 0.5) is 5.82 Å². The summed E-state index contributed by atoms with van der Waals surface area (Å²) >= 11 is 0. The minimum atomic E-state index is -0.0198. The minimum absolute atomic E-state index is 0.0198. The Hall–Kier alpha value is -2.34. The number of para-hydroxylation sites is 1. The molecule has 6 nitrogen and oxygen atoms in total. The van der Waals surface area contributed by atoms with E-state index in [9.17, 15) is 4.79 Å². The molecule has 27 heavy (non-hydrogen) atoms. The molecule has 2 aliphatic rings. The number of carbonyl (C=O) groups excluding carboxylic acids is 1. The van der Waals surface area contributed by atoms with E-state index in [0.717, 1.165) is 34.9 Å². The summed E-state index contributed by atoms with van der Waals surface area (Å²) < 4.78 is 7.95. The van der Waals surface area contributed by atoms with Crippen LogP contribution in [0.25, 0.3) is 0 Å². The van der Waals surface area contributed by atoms with Crippen LogP contribution in [0.5, 0.6) is 5.75 Å². The van der Waals surface area contributed by atoms with Gasteiger partial charge in [0.25, 0.3) is 0 Å². The number of ether oxygens (including phenoxy) is 1. The summed E-state index contributed by atoms with van der Waals surface area (Å²) in [5.74, 6) is 1.69. The van der Waals surface area contributed by atoms with Crippen LogP contribution >= 0.6 is 0 Å². The van der Waals surface area contributed by atoms with Gasteiger partial charge in [-0.25, -0.2) is 0 Å². The lowest BCUT2D eigenvalue weighted by molar-refractivity contribution is -0.116. The molecule has 0 radical (unpaired) electrons. The van der Waals surface area contributed by atoms with Crippen LogP contribution in [0.2, 0.25) is 0 Å². The summed E-state index contributed by atoms with van der Waals surface area (Å²) in [5, 5.41) is 7.48. The van der Waals surface area contributed by atoms with Crippen LogP contribution in [0.1, 0.15) is 48.4 Å². The molecule has 144 valence electrons. The molecule has 4 rings (SSSR count). The molecule has 1 N–H and O–H groups in total. The van der Waals surface area contributed by atoms with Crippen molar-refractivity contribution in [1.82, 2.24) is 14.7 Å².